The Morgan fingerprint density at radius 1 is 1.25 bits per heavy atom. The third-order valence-electron chi connectivity index (χ3n) is 5.51. The highest BCUT2D eigenvalue weighted by atomic mass is 127. The lowest BCUT2D eigenvalue weighted by Gasteiger charge is -2.37. The second kappa shape index (κ2) is 9.57. The third-order valence-corrected chi connectivity index (χ3v) is 5.51. The van der Waals surface area contributed by atoms with Crippen LogP contribution in [0.3, 0.4) is 0 Å². The molecular formula is C18H35IN4O. The van der Waals surface area contributed by atoms with E-state index in [1.54, 1.807) is 0 Å². The van der Waals surface area contributed by atoms with Gasteiger partial charge in [-0.15, -0.1) is 24.0 Å². The standard InChI is InChI=1S/C18H34N4O.HI/c1-13(2)12-22-9-5-4-6-14(22)11-20-18(19-3)21-16-10-15-7-8-17(16)23-15;/h13-17H,4-12H2,1-3H3,(H2,19,20,21);1H. The quantitative estimate of drug-likeness (QED) is 0.384. The normalized spacial score (nSPS) is 33.6. The molecule has 3 saturated heterocycles. The maximum atomic E-state index is 5.93. The molecule has 4 unspecified atom stereocenters. The van der Waals surface area contributed by atoms with Crippen LogP contribution in [-0.2, 0) is 4.74 Å². The van der Waals surface area contributed by atoms with Crippen molar-refractivity contribution in [1.82, 2.24) is 15.5 Å². The molecule has 3 aliphatic rings. The van der Waals surface area contributed by atoms with E-state index in [4.69, 9.17) is 4.74 Å². The molecule has 0 radical (unpaired) electrons. The smallest absolute Gasteiger partial charge is 0.191 e. The van der Waals surface area contributed by atoms with Crippen LogP contribution in [0.1, 0.15) is 52.4 Å². The van der Waals surface area contributed by atoms with Crippen LogP contribution in [0.2, 0.25) is 0 Å². The number of hydrogen-bond donors (Lipinski definition) is 2. The molecule has 140 valence electrons. The summed E-state index contributed by atoms with van der Waals surface area (Å²) in [4.78, 5) is 7.09. The van der Waals surface area contributed by atoms with E-state index in [1.165, 1.54) is 45.2 Å². The van der Waals surface area contributed by atoms with Gasteiger partial charge in [0, 0.05) is 26.2 Å². The molecule has 2 N–H and O–H groups in total. The largest absolute Gasteiger partial charge is 0.373 e. The highest BCUT2D eigenvalue weighted by molar-refractivity contribution is 14.0. The van der Waals surface area contributed by atoms with Crippen molar-refractivity contribution in [3.63, 3.8) is 0 Å². The lowest BCUT2D eigenvalue weighted by molar-refractivity contribution is 0.0991. The van der Waals surface area contributed by atoms with Crippen molar-refractivity contribution in [2.45, 2.75) is 76.7 Å². The number of rotatable bonds is 5. The van der Waals surface area contributed by atoms with Gasteiger partial charge in [-0.25, -0.2) is 0 Å². The van der Waals surface area contributed by atoms with Gasteiger partial charge in [-0.05, 0) is 44.6 Å². The Balaban J connectivity index is 0.00000208. The lowest BCUT2D eigenvalue weighted by atomic mass is 9.96. The molecule has 5 nitrogen and oxygen atoms in total. The Bertz CT molecular complexity index is 418. The first-order valence-corrected chi connectivity index (χ1v) is 9.52. The number of hydrogen-bond acceptors (Lipinski definition) is 3. The van der Waals surface area contributed by atoms with Crippen molar-refractivity contribution < 1.29 is 4.74 Å². The van der Waals surface area contributed by atoms with Gasteiger partial charge in [0.1, 0.15) is 0 Å². The van der Waals surface area contributed by atoms with E-state index in [0.717, 1.165) is 24.8 Å². The number of nitrogens with zero attached hydrogens (tertiary/aromatic N) is 2. The Morgan fingerprint density at radius 3 is 2.71 bits per heavy atom. The highest BCUT2D eigenvalue weighted by Gasteiger charge is 2.41. The topological polar surface area (TPSA) is 48.9 Å². The van der Waals surface area contributed by atoms with E-state index in [1.807, 2.05) is 7.05 Å². The average Bonchev–Trinajstić information content (AvgIpc) is 3.14. The zero-order valence-electron chi connectivity index (χ0n) is 15.5. The van der Waals surface area contributed by atoms with Crippen molar-refractivity contribution in [1.29, 1.82) is 0 Å². The monoisotopic (exact) mass is 450 g/mol. The molecule has 0 amide bonds. The molecule has 3 heterocycles. The molecule has 3 aliphatic heterocycles. The van der Waals surface area contributed by atoms with Gasteiger partial charge in [0.15, 0.2) is 5.96 Å². The number of halogens is 1. The van der Waals surface area contributed by atoms with Crippen LogP contribution in [-0.4, -0.2) is 61.8 Å². The van der Waals surface area contributed by atoms with Crippen LogP contribution in [0.15, 0.2) is 4.99 Å². The van der Waals surface area contributed by atoms with Crippen LogP contribution in [0.4, 0.5) is 0 Å². The molecule has 24 heavy (non-hydrogen) atoms. The third kappa shape index (κ3) is 5.21. The van der Waals surface area contributed by atoms with E-state index >= 15 is 0 Å². The lowest BCUT2D eigenvalue weighted by Crippen LogP contribution is -2.52. The first-order chi connectivity index (χ1) is 11.2. The molecule has 0 aliphatic carbocycles. The van der Waals surface area contributed by atoms with Gasteiger partial charge in [0.2, 0.25) is 0 Å². The second-order valence-corrected chi connectivity index (χ2v) is 7.85. The van der Waals surface area contributed by atoms with Crippen LogP contribution in [0, 0.1) is 5.92 Å². The van der Waals surface area contributed by atoms with Crippen LogP contribution in [0.5, 0.6) is 0 Å². The minimum atomic E-state index is 0. The summed E-state index contributed by atoms with van der Waals surface area (Å²) in [6.07, 6.45) is 8.44. The molecule has 3 fully saturated rings. The van der Waals surface area contributed by atoms with Crippen molar-refractivity contribution in [3.05, 3.63) is 0 Å². The van der Waals surface area contributed by atoms with Crippen molar-refractivity contribution in [3.8, 4) is 0 Å². The Kier molecular flexibility index (Phi) is 8.07. The van der Waals surface area contributed by atoms with Crippen LogP contribution >= 0.6 is 24.0 Å². The maximum absolute atomic E-state index is 5.93. The van der Waals surface area contributed by atoms with Crippen molar-refractivity contribution in [2.75, 3.05) is 26.7 Å². The summed E-state index contributed by atoms with van der Waals surface area (Å²) in [6.45, 7) is 8.08. The average molecular weight is 450 g/mol. The van der Waals surface area contributed by atoms with E-state index < -0.39 is 0 Å². The van der Waals surface area contributed by atoms with Gasteiger partial charge in [0.05, 0.1) is 18.2 Å². The number of likely N-dealkylation sites (tertiary alicyclic amines) is 1. The number of fused-ring (bicyclic) bond motifs is 2. The molecule has 4 atom stereocenters. The van der Waals surface area contributed by atoms with Gasteiger partial charge in [0.25, 0.3) is 0 Å². The number of piperidine rings is 1. The molecule has 3 rings (SSSR count). The summed E-state index contributed by atoms with van der Waals surface area (Å²) in [6, 6.07) is 1.08. The summed E-state index contributed by atoms with van der Waals surface area (Å²) in [5.74, 6) is 1.68. The molecule has 6 heteroatoms. The second-order valence-electron chi connectivity index (χ2n) is 7.85. The maximum Gasteiger partial charge on any atom is 0.191 e. The molecule has 0 aromatic heterocycles. The summed E-state index contributed by atoms with van der Waals surface area (Å²) in [5, 5.41) is 7.16. The molecule has 0 spiro atoms. The minimum absolute atomic E-state index is 0. The van der Waals surface area contributed by atoms with E-state index in [2.05, 4.69) is 34.4 Å². The van der Waals surface area contributed by atoms with Crippen molar-refractivity contribution in [2.24, 2.45) is 10.9 Å². The minimum Gasteiger partial charge on any atom is -0.373 e. The molecule has 2 bridgehead atoms. The number of guanidine groups is 1. The molecule has 0 saturated carbocycles. The fourth-order valence-electron chi connectivity index (χ4n) is 4.38. The first-order valence-electron chi connectivity index (χ1n) is 9.52. The van der Waals surface area contributed by atoms with Gasteiger partial charge in [-0.2, -0.15) is 0 Å². The summed E-state index contributed by atoms with van der Waals surface area (Å²) >= 11 is 0. The number of nitrogens with one attached hydrogen (secondary N) is 2. The summed E-state index contributed by atoms with van der Waals surface area (Å²) in [7, 11) is 1.87. The summed E-state index contributed by atoms with van der Waals surface area (Å²) < 4.78 is 5.93. The van der Waals surface area contributed by atoms with Gasteiger partial charge in [-0.1, -0.05) is 20.3 Å². The van der Waals surface area contributed by atoms with Gasteiger partial charge >= 0.3 is 0 Å². The van der Waals surface area contributed by atoms with Crippen molar-refractivity contribution >= 4 is 29.9 Å². The van der Waals surface area contributed by atoms with Crippen LogP contribution < -0.4 is 10.6 Å². The fourth-order valence-corrected chi connectivity index (χ4v) is 4.38. The number of aliphatic imine (C=N–C) groups is 1. The van der Waals surface area contributed by atoms with E-state index in [0.29, 0.717) is 24.3 Å². The van der Waals surface area contributed by atoms with E-state index in [9.17, 15) is 0 Å². The van der Waals surface area contributed by atoms with Crippen LogP contribution in [0.25, 0.3) is 0 Å². The molecule has 0 aromatic carbocycles. The Morgan fingerprint density at radius 2 is 2.08 bits per heavy atom. The van der Waals surface area contributed by atoms with Gasteiger partial charge < -0.3 is 15.4 Å². The zero-order valence-corrected chi connectivity index (χ0v) is 17.8. The SMILES string of the molecule is CN=C(NCC1CCCCN1CC(C)C)NC1CC2CCC1O2.I. The molecule has 0 aromatic rings. The Labute approximate surface area is 164 Å². The van der Waals surface area contributed by atoms with E-state index in [-0.39, 0.29) is 24.0 Å². The predicted octanol–water partition coefficient (Wildman–Crippen LogP) is 2.60. The fraction of sp³-hybridized carbons (Fsp3) is 0.944. The highest BCUT2D eigenvalue weighted by Crippen LogP contribution is 2.34. The number of ether oxygens (including phenoxy) is 1. The van der Waals surface area contributed by atoms with Gasteiger partial charge in [-0.3, -0.25) is 9.89 Å². The molecular weight excluding hydrogens is 415 g/mol. The first kappa shape index (κ1) is 20.2. The summed E-state index contributed by atoms with van der Waals surface area (Å²) in [5.41, 5.74) is 0. The zero-order chi connectivity index (χ0) is 16.2. The predicted molar refractivity (Wildman–Crippen MR) is 110 cm³/mol. The Hall–Kier alpha value is -0.0800.